The molecule has 2 rings (SSSR count). The first-order chi connectivity index (χ1) is 7.78. The van der Waals surface area contributed by atoms with Crippen molar-refractivity contribution >= 4 is 18.0 Å². The number of aromatic amines is 1. The summed E-state index contributed by atoms with van der Waals surface area (Å²) >= 11 is 5.10. The van der Waals surface area contributed by atoms with E-state index in [1.165, 1.54) is 6.42 Å². The lowest BCUT2D eigenvalue weighted by molar-refractivity contribution is 0.120. The number of anilines is 1. The van der Waals surface area contributed by atoms with E-state index < -0.39 is 0 Å². The SMILES string of the molecule is CCc1nc(=S)cc(NCC2CCCO2)[nH]1. The van der Waals surface area contributed by atoms with Crippen molar-refractivity contribution < 1.29 is 4.74 Å². The van der Waals surface area contributed by atoms with Crippen LogP contribution in [0.5, 0.6) is 0 Å². The maximum Gasteiger partial charge on any atom is 0.131 e. The van der Waals surface area contributed by atoms with Crippen LogP contribution in [0.4, 0.5) is 5.82 Å². The van der Waals surface area contributed by atoms with Crippen molar-refractivity contribution in [3.8, 4) is 0 Å². The number of hydrogen-bond donors (Lipinski definition) is 2. The molecule has 1 unspecified atom stereocenters. The summed E-state index contributed by atoms with van der Waals surface area (Å²) in [4.78, 5) is 7.43. The normalized spacial score (nSPS) is 19.9. The van der Waals surface area contributed by atoms with Crippen LogP contribution in [0.15, 0.2) is 6.07 Å². The van der Waals surface area contributed by atoms with Crippen LogP contribution in [-0.2, 0) is 11.2 Å². The van der Waals surface area contributed by atoms with Crippen LogP contribution >= 0.6 is 12.2 Å². The molecule has 1 aromatic heterocycles. The second-order valence-electron chi connectivity index (χ2n) is 3.95. The first kappa shape index (κ1) is 11.5. The smallest absolute Gasteiger partial charge is 0.131 e. The molecule has 1 saturated heterocycles. The van der Waals surface area contributed by atoms with Gasteiger partial charge < -0.3 is 15.0 Å². The molecule has 16 heavy (non-hydrogen) atoms. The molecule has 88 valence electrons. The molecule has 1 aliphatic rings. The van der Waals surface area contributed by atoms with Gasteiger partial charge in [-0.25, -0.2) is 4.98 Å². The van der Waals surface area contributed by atoms with Crippen molar-refractivity contribution in [2.45, 2.75) is 32.3 Å². The van der Waals surface area contributed by atoms with E-state index in [-0.39, 0.29) is 0 Å². The van der Waals surface area contributed by atoms with Crippen LogP contribution in [0, 0.1) is 4.64 Å². The van der Waals surface area contributed by atoms with Crippen molar-refractivity contribution in [1.82, 2.24) is 9.97 Å². The first-order valence-electron chi connectivity index (χ1n) is 5.73. The zero-order valence-corrected chi connectivity index (χ0v) is 10.3. The molecular formula is C11H17N3OS. The molecule has 2 heterocycles. The summed E-state index contributed by atoms with van der Waals surface area (Å²) in [7, 11) is 0. The predicted octanol–water partition coefficient (Wildman–Crippen LogP) is 2.29. The zero-order valence-electron chi connectivity index (χ0n) is 9.45. The molecule has 1 atom stereocenters. The Labute approximate surface area is 100 Å². The number of hydrogen-bond acceptors (Lipinski definition) is 4. The van der Waals surface area contributed by atoms with Gasteiger partial charge in [-0.2, -0.15) is 0 Å². The Balaban J connectivity index is 1.97. The third kappa shape index (κ3) is 3.02. The van der Waals surface area contributed by atoms with Gasteiger partial charge in [0.1, 0.15) is 16.3 Å². The van der Waals surface area contributed by atoms with Gasteiger partial charge in [0.05, 0.1) is 6.10 Å². The number of aryl methyl sites for hydroxylation is 1. The van der Waals surface area contributed by atoms with E-state index in [9.17, 15) is 0 Å². The highest BCUT2D eigenvalue weighted by Gasteiger charge is 2.14. The van der Waals surface area contributed by atoms with E-state index in [0.717, 1.165) is 37.6 Å². The summed E-state index contributed by atoms with van der Waals surface area (Å²) in [5.41, 5.74) is 0. The van der Waals surface area contributed by atoms with Crippen molar-refractivity contribution in [2.24, 2.45) is 0 Å². The summed E-state index contributed by atoms with van der Waals surface area (Å²) in [6, 6.07) is 1.85. The van der Waals surface area contributed by atoms with Gasteiger partial charge in [-0.3, -0.25) is 0 Å². The molecule has 2 N–H and O–H groups in total. The Bertz CT molecular complexity index is 398. The Kier molecular flexibility index (Phi) is 3.90. The second kappa shape index (κ2) is 5.41. The molecule has 1 aliphatic heterocycles. The van der Waals surface area contributed by atoms with Crippen molar-refractivity contribution in [3.05, 3.63) is 16.5 Å². The number of nitrogens with one attached hydrogen (secondary N) is 2. The molecule has 0 amide bonds. The monoisotopic (exact) mass is 239 g/mol. The fourth-order valence-electron chi connectivity index (χ4n) is 1.80. The van der Waals surface area contributed by atoms with Crippen molar-refractivity contribution in [2.75, 3.05) is 18.5 Å². The maximum atomic E-state index is 5.54. The zero-order chi connectivity index (χ0) is 11.4. The van der Waals surface area contributed by atoms with E-state index >= 15 is 0 Å². The van der Waals surface area contributed by atoms with E-state index in [0.29, 0.717) is 10.7 Å². The third-order valence-electron chi connectivity index (χ3n) is 2.67. The summed E-state index contributed by atoms with van der Waals surface area (Å²) in [5.74, 6) is 1.86. The summed E-state index contributed by atoms with van der Waals surface area (Å²) in [6.45, 7) is 3.77. The average molecular weight is 239 g/mol. The maximum absolute atomic E-state index is 5.54. The van der Waals surface area contributed by atoms with Crippen LogP contribution in [-0.4, -0.2) is 29.2 Å². The summed E-state index contributed by atoms with van der Waals surface area (Å²) in [6.07, 6.45) is 3.50. The Morgan fingerprint density at radius 2 is 2.56 bits per heavy atom. The van der Waals surface area contributed by atoms with E-state index in [2.05, 4.69) is 22.2 Å². The topological polar surface area (TPSA) is 49.9 Å². The molecule has 0 radical (unpaired) electrons. The molecule has 5 heteroatoms. The average Bonchev–Trinajstić information content (AvgIpc) is 2.78. The molecule has 4 nitrogen and oxygen atoms in total. The molecule has 0 aromatic carbocycles. The van der Waals surface area contributed by atoms with Crippen LogP contribution in [0.25, 0.3) is 0 Å². The summed E-state index contributed by atoms with van der Waals surface area (Å²) in [5, 5.41) is 3.31. The van der Waals surface area contributed by atoms with Gasteiger partial charge in [0.2, 0.25) is 0 Å². The molecule has 0 saturated carbocycles. The number of ether oxygens (including phenoxy) is 1. The fourth-order valence-corrected chi connectivity index (χ4v) is 2.03. The number of rotatable bonds is 4. The lowest BCUT2D eigenvalue weighted by Gasteiger charge is -2.12. The largest absolute Gasteiger partial charge is 0.376 e. The van der Waals surface area contributed by atoms with Gasteiger partial charge in [-0.1, -0.05) is 19.1 Å². The Hall–Kier alpha value is -0.940. The van der Waals surface area contributed by atoms with Crippen LogP contribution in [0.3, 0.4) is 0 Å². The van der Waals surface area contributed by atoms with E-state index in [1.807, 2.05) is 6.07 Å². The van der Waals surface area contributed by atoms with Crippen LogP contribution < -0.4 is 5.32 Å². The molecule has 0 bridgehead atoms. The van der Waals surface area contributed by atoms with E-state index in [4.69, 9.17) is 17.0 Å². The van der Waals surface area contributed by atoms with E-state index in [1.54, 1.807) is 0 Å². The number of aromatic nitrogens is 2. The van der Waals surface area contributed by atoms with Gasteiger partial charge in [-0.05, 0) is 12.8 Å². The van der Waals surface area contributed by atoms with Crippen LogP contribution in [0.2, 0.25) is 0 Å². The van der Waals surface area contributed by atoms with Gasteiger partial charge in [0.25, 0.3) is 0 Å². The van der Waals surface area contributed by atoms with Gasteiger partial charge in [0.15, 0.2) is 0 Å². The van der Waals surface area contributed by atoms with Crippen LogP contribution in [0.1, 0.15) is 25.6 Å². The fraction of sp³-hybridized carbons (Fsp3) is 0.636. The highest BCUT2D eigenvalue weighted by molar-refractivity contribution is 7.71. The minimum absolute atomic E-state index is 0.334. The third-order valence-corrected chi connectivity index (χ3v) is 2.88. The van der Waals surface area contributed by atoms with Gasteiger partial charge in [0, 0.05) is 25.6 Å². The summed E-state index contributed by atoms with van der Waals surface area (Å²) < 4.78 is 6.17. The van der Waals surface area contributed by atoms with Crippen molar-refractivity contribution in [1.29, 1.82) is 0 Å². The molecular weight excluding hydrogens is 222 g/mol. The lowest BCUT2D eigenvalue weighted by atomic mass is 10.2. The highest BCUT2D eigenvalue weighted by atomic mass is 32.1. The second-order valence-corrected chi connectivity index (χ2v) is 4.37. The molecule has 0 aliphatic carbocycles. The standard InChI is InChI=1S/C11H17N3OS/c1-2-9-13-10(6-11(16)14-9)12-7-8-4-3-5-15-8/h6,8H,2-5,7H2,1H3,(H2,12,13,14,16). The predicted molar refractivity (Wildman–Crippen MR) is 66.3 cm³/mol. The van der Waals surface area contributed by atoms with Gasteiger partial charge in [-0.15, -0.1) is 0 Å². The molecule has 1 aromatic rings. The van der Waals surface area contributed by atoms with Crippen molar-refractivity contribution in [3.63, 3.8) is 0 Å². The minimum Gasteiger partial charge on any atom is -0.376 e. The Morgan fingerprint density at radius 1 is 1.69 bits per heavy atom. The highest BCUT2D eigenvalue weighted by Crippen LogP contribution is 2.13. The Morgan fingerprint density at radius 3 is 3.25 bits per heavy atom. The molecule has 1 fully saturated rings. The van der Waals surface area contributed by atoms with Gasteiger partial charge >= 0.3 is 0 Å². The first-order valence-corrected chi connectivity index (χ1v) is 6.14. The minimum atomic E-state index is 0.334. The lowest BCUT2D eigenvalue weighted by Crippen LogP contribution is -2.19. The quantitative estimate of drug-likeness (QED) is 0.792. The number of H-pyrrole nitrogens is 1. The molecule has 0 spiro atoms. The number of nitrogens with zero attached hydrogens (tertiary/aromatic N) is 1.